The first-order valence-corrected chi connectivity index (χ1v) is 20.1. The second-order valence-corrected chi connectivity index (χ2v) is 15.9. The van der Waals surface area contributed by atoms with Gasteiger partial charge in [0.25, 0.3) is 0 Å². The third kappa shape index (κ3) is 4.78. The Balaban J connectivity index is 1.08. The topological polar surface area (TPSA) is 35.0 Å². The first-order valence-electron chi connectivity index (χ1n) is 19.3. The summed E-state index contributed by atoms with van der Waals surface area (Å²) in [5, 5.41) is 2.33. The number of thiophene rings is 1. The molecule has 0 N–H and O–H groups in total. The molecule has 0 amide bonds. The van der Waals surface area contributed by atoms with Gasteiger partial charge in [0.05, 0.1) is 16.8 Å². The highest BCUT2D eigenvalue weighted by molar-refractivity contribution is 7.26. The van der Waals surface area contributed by atoms with Gasteiger partial charge in [-0.15, -0.1) is 11.3 Å². The summed E-state index contributed by atoms with van der Waals surface area (Å²) in [5.41, 5.74) is 14.2. The van der Waals surface area contributed by atoms with Gasteiger partial charge in [0, 0.05) is 48.0 Å². The number of nitrogens with zero attached hydrogens (tertiary/aromatic N) is 2. The van der Waals surface area contributed by atoms with Crippen LogP contribution in [0.25, 0.3) is 76.3 Å². The van der Waals surface area contributed by atoms with E-state index in [1.807, 2.05) is 35.6 Å². The number of rotatable bonds is 4. The number of ether oxygens (including phenoxy) is 1. The Kier molecular flexibility index (Phi) is 7.01. The maximum Gasteiger partial charge on any atom is 0.160 e. The van der Waals surface area contributed by atoms with Crippen molar-refractivity contribution >= 4 is 31.5 Å². The normalized spacial score (nSPS) is 13.2. The van der Waals surface area contributed by atoms with Crippen LogP contribution in [-0.4, -0.2) is 9.97 Å². The van der Waals surface area contributed by atoms with Crippen LogP contribution in [0.1, 0.15) is 22.3 Å². The van der Waals surface area contributed by atoms with Gasteiger partial charge in [-0.2, -0.15) is 0 Å². The second kappa shape index (κ2) is 12.4. The number of hydrogen-bond donors (Lipinski definition) is 0. The third-order valence-electron chi connectivity index (χ3n) is 11.8. The van der Waals surface area contributed by atoms with Crippen molar-refractivity contribution in [2.24, 2.45) is 0 Å². The molecule has 10 aromatic rings. The van der Waals surface area contributed by atoms with Crippen molar-refractivity contribution in [3.8, 4) is 67.7 Å². The smallest absolute Gasteiger partial charge is 0.160 e. The molecule has 0 bridgehead atoms. The first-order chi connectivity index (χ1) is 28.2. The summed E-state index contributed by atoms with van der Waals surface area (Å²) in [6, 6.07) is 69.3. The molecular weight excluding hydrogens is 713 g/mol. The van der Waals surface area contributed by atoms with Crippen LogP contribution in [0, 0.1) is 0 Å². The van der Waals surface area contributed by atoms with Crippen LogP contribution in [0.15, 0.2) is 194 Å². The Morgan fingerprint density at radius 2 is 0.965 bits per heavy atom. The summed E-state index contributed by atoms with van der Waals surface area (Å²) < 4.78 is 9.36. The van der Waals surface area contributed by atoms with Crippen molar-refractivity contribution in [3.63, 3.8) is 0 Å². The Bertz CT molecular complexity index is 3160. The second-order valence-electron chi connectivity index (χ2n) is 14.8. The number of para-hydroxylation sites is 1. The zero-order chi connectivity index (χ0) is 37.5. The quantitative estimate of drug-likeness (QED) is 0.180. The lowest BCUT2D eigenvalue weighted by atomic mass is 9.66. The minimum atomic E-state index is -0.507. The number of fused-ring (bicyclic) bond motifs is 12. The van der Waals surface area contributed by atoms with Crippen LogP contribution < -0.4 is 4.74 Å². The van der Waals surface area contributed by atoms with Crippen molar-refractivity contribution in [1.82, 2.24) is 9.97 Å². The molecule has 0 atom stereocenters. The molecule has 2 aromatic heterocycles. The largest absolute Gasteiger partial charge is 0.457 e. The molecule has 12 rings (SSSR count). The molecular formula is C53H32N2OS. The van der Waals surface area contributed by atoms with E-state index in [-0.39, 0.29) is 0 Å². The molecule has 0 saturated heterocycles. The van der Waals surface area contributed by atoms with E-state index in [4.69, 9.17) is 14.7 Å². The minimum Gasteiger partial charge on any atom is -0.457 e. The molecule has 0 unspecified atom stereocenters. The lowest BCUT2D eigenvalue weighted by Crippen LogP contribution is -2.32. The SMILES string of the molecule is c1ccc(-c2ccc(-c3cc(-c4cccc5sc6cc7c(cc6c45)Oc4ccccc4C74c5ccccc5-c5ccccc54)nc(-c4ccccc4)n3)cc2)cc1. The van der Waals surface area contributed by atoms with Gasteiger partial charge in [-0.05, 0) is 63.7 Å². The summed E-state index contributed by atoms with van der Waals surface area (Å²) in [4.78, 5) is 10.4. The molecule has 57 heavy (non-hydrogen) atoms. The molecule has 8 aromatic carbocycles. The highest BCUT2D eigenvalue weighted by Gasteiger charge is 2.51. The molecule has 4 heteroatoms. The summed E-state index contributed by atoms with van der Waals surface area (Å²) in [6.45, 7) is 0. The van der Waals surface area contributed by atoms with Crippen LogP contribution in [0.5, 0.6) is 11.5 Å². The highest BCUT2D eigenvalue weighted by atomic mass is 32.1. The molecule has 0 radical (unpaired) electrons. The van der Waals surface area contributed by atoms with Crippen LogP contribution in [0.3, 0.4) is 0 Å². The summed E-state index contributed by atoms with van der Waals surface area (Å²) >= 11 is 1.83. The van der Waals surface area contributed by atoms with E-state index in [1.54, 1.807) is 0 Å². The molecule has 3 nitrogen and oxygen atoms in total. The number of benzene rings is 8. The van der Waals surface area contributed by atoms with Gasteiger partial charge in [0.1, 0.15) is 11.5 Å². The predicted octanol–water partition coefficient (Wildman–Crippen LogP) is 14.0. The van der Waals surface area contributed by atoms with Crippen molar-refractivity contribution < 1.29 is 4.74 Å². The average Bonchev–Trinajstić information content (AvgIpc) is 3.80. The van der Waals surface area contributed by atoms with Gasteiger partial charge < -0.3 is 4.74 Å². The van der Waals surface area contributed by atoms with Crippen molar-refractivity contribution in [3.05, 3.63) is 216 Å². The Labute approximate surface area is 334 Å². The van der Waals surface area contributed by atoms with Gasteiger partial charge in [-0.25, -0.2) is 9.97 Å². The molecule has 0 fully saturated rings. The third-order valence-corrected chi connectivity index (χ3v) is 12.9. The zero-order valence-electron chi connectivity index (χ0n) is 30.7. The fourth-order valence-corrected chi connectivity index (χ4v) is 10.5. The van der Waals surface area contributed by atoms with Crippen molar-refractivity contribution in [2.45, 2.75) is 5.41 Å². The lowest BCUT2D eigenvalue weighted by Gasteiger charge is -2.39. The van der Waals surface area contributed by atoms with E-state index >= 15 is 0 Å². The molecule has 1 spiro atoms. The Morgan fingerprint density at radius 3 is 1.70 bits per heavy atom. The van der Waals surface area contributed by atoms with Crippen molar-refractivity contribution in [1.29, 1.82) is 0 Å². The molecule has 266 valence electrons. The van der Waals surface area contributed by atoms with Gasteiger partial charge in [0.2, 0.25) is 0 Å². The molecule has 3 heterocycles. The van der Waals surface area contributed by atoms with E-state index in [9.17, 15) is 0 Å². The van der Waals surface area contributed by atoms with Gasteiger partial charge in [0.15, 0.2) is 5.82 Å². The van der Waals surface area contributed by atoms with E-state index in [2.05, 4.69) is 170 Å². The Morgan fingerprint density at radius 1 is 0.386 bits per heavy atom. The van der Waals surface area contributed by atoms with E-state index in [0.29, 0.717) is 5.82 Å². The number of aromatic nitrogens is 2. The average molecular weight is 745 g/mol. The molecule has 1 aliphatic carbocycles. The lowest BCUT2D eigenvalue weighted by molar-refractivity contribution is 0.437. The van der Waals surface area contributed by atoms with E-state index in [0.717, 1.165) is 45.0 Å². The van der Waals surface area contributed by atoms with E-state index in [1.165, 1.54) is 59.3 Å². The zero-order valence-corrected chi connectivity index (χ0v) is 31.5. The van der Waals surface area contributed by atoms with Gasteiger partial charge in [-0.3, -0.25) is 0 Å². The molecule has 2 aliphatic rings. The van der Waals surface area contributed by atoms with E-state index < -0.39 is 5.41 Å². The highest BCUT2D eigenvalue weighted by Crippen LogP contribution is 2.63. The van der Waals surface area contributed by atoms with Crippen molar-refractivity contribution in [2.75, 3.05) is 0 Å². The summed E-state index contributed by atoms with van der Waals surface area (Å²) in [7, 11) is 0. The minimum absolute atomic E-state index is 0.507. The van der Waals surface area contributed by atoms with Crippen LogP contribution in [0.4, 0.5) is 0 Å². The van der Waals surface area contributed by atoms with Gasteiger partial charge in [-0.1, -0.05) is 164 Å². The maximum absolute atomic E-state index is 6.94. The Hall–Kier alpha value is -7.14. The maximum atomic E-state index is 6.94. The molecule has 1 aliphatic heterocycles. The number of hydrogen-bond acceptors (Lipinski definition) is 4. The fourth-order valence-electron chi connectivity index (χ4n) is 9.30. The van der Waals surface area contributed by atoms with Crippen LogP contribution in [-0.2, 0) is 5.41 Å². The summed E-state index contributed by atoms with van der Waals surface area (Å²) in [5.74, 6) is 2.47. The van der Waals surface area contributed by atoms with Gasteiger partial charge >= 0.3 is 0 Å². The fraction of sp³-hybridized carbons (Fsp3) is 0.0189. The molecule has 0 saturated carbocycles. The summed E-state index contributed by atoms with van der Waals surface area (Å²) in [6.07, 6.45) is 0. The first kappa shape index (κ1) is 32.1. The predicted molar refractivity (Wildman–Crippen MR) is 234 cm³/mol. The standard InChI is InChI=1S/C53H32N2OS/c1-3-14-33(15-4-1)34-26-28-35(29-27-34)45-32-46(55-52(54-45)36-16-5-2-6-17-36)39-20-13-25-49-51(39)40-30-48-44(31-50(40)57-49)53(43-23-11-12-24-47(43)56-48)41-21-9-7-18-37(41)38-19-8-10-22-42(38)53/h1-32H. The monoisotopic (exact) mass is 744 g/mol. The van der Waals surface area contributed by atoms with Crippen LogP contribution >= 0.6 is 11.3 Å². The van der Waals surface area contributed by atoms with Crippen LogP contribution in [0.2, 0.25) is 0 Å².